The van der Waals surface area contributed by atoms with Gasteiger partial charge in [0, 0.05) is 22.0 Å². The van der Waals surface area contributed by atoms with Gasteiger partial charge in [-0.15, -0.1) is 0 Å². The van der Waals surface area contributed by atoms with Gasteiger partial charge >= 0.3 is 5.97 Å². The molecule has 0 atom stereocenters. The van der Waals surface area contributed by atoms with Crippen LogP contribution in [0.2, 0.25) is 0 Å². The lowest BCUT2D eigenvalue weighted by molar-refractivity contribution is 0.0691. The third kappa shape index (κ3) is 7.19. The Kier molecular flexibility index (Phi) is 9.39. The van der Waals surface area contributed by atoms with Crippen molar-refractivity contribution < 1.29 is 23.5 Å². The van der Waals surface area contributed by atoms with Crippen molar-refractivity contribution >= 4 is 43.7 Å². The van der Waals surface area contributed by atoms with Crippen LogP contribution in [0, 0.1) is 11.6 Å². The van der Waals surface area contributed by atoms with Gasteiger partial charge in [-0.1, -0.05) is 31.9 Å². The fraction of sp³-hybridized carbons (Fsp3) is 0.176. The van der Waals surface area contributed by atoms with Crippen LogP contribution in [0.3, 0.4) is 0 Å². The van der Waals surface area contributed by atoms with E-state index in [1.54, 1.807) is 13.1 Å². The second-order valence-electron chi connectivity index (χ2n) is 4.91. The molecular weight excluding hydrogens is 478 g/mol. The Bertz CT molecular complexity index is 789. The van der Waals surface area contributed by atoms with E-state index in [2.05, 4.69) is 42.5 Å². The molecule has 2 aromatic rings. The number of likely N-dealkylation sites (N-methyl/N-ethyl adjacent to an activating group) is 1. The van der Waals surface area contributed by atoms with Crippen molar-refractivity contribution in [2.45, 2.75) is 0 Å². The molecule has 0 saturated heterocycles. The normalized spacial score (nSPS) is 9.88. The summed E-state index contributed by atoms with van der Waals surface area (Å²) in [5, 5.41) is 13.9. The first-order valence-electron chi connectivity index (χ1n) is 7.32. The minimum absolute atomic E-state index is 0.0642. The van der Waals surface area contributed by atoms with Crippen molar-refractivity contribution in [2.75, 3.05) is 20.1 Å². The molecule has 0 fully saturated rings. The quantitative estimate of drug-likeness (QED) is 0.553. The summed E-state index contributed by atoms with van der Waals surface area (Å²) in [6.07, 6.45) is 0. The molecule has 9 heteroatoms. The summed E-state index contributed by atoms with van der Waals surface area (Å²) in [7, 11) is 1.78. The molecule has 0 aliphatic rings. The van der Waals surface area contributed by atoms with E-state index < -0.39 is 23.5 Å². The van der Waals surface area contributed by atoms with E-state index in [0.717, 1.165) is 6.07 Å². The van der Waals surface area contributed by atoms with Gasteiger partial charge in [0.05, 0.1) is 11.1 Å². The number of carbonyl (C=O) groups excluding carboxylic acids is 1. The van der Waals surface area contributed by atoms with E-state index in [-0.39, 0.29) is 11.1 Å². The van der Waals surface area contributed by atoms with Gasteiger partial charge in [-0.2, -0.15) is 0 Å². The third-order valence-electron chi connectivity index (χ3n) is 3.00. The first-order valence-corrected chi connectivity index (χ1v) is 8.91. The van der Waals surface area contributed by atoms with Gasteiger partial charge in [-0.05, 0) is 43.4 Å². The van der Waals surface area contributed by atoms with Crippen LogP contribution >= 0.6 is 31.9 Å². The topological polar surface area (TPSA) is 78.4 Å². The molecule has 2 rings (SSSR count). The highest BCUT2D eigenvalue weighted by Crippen LogP contribution is 2.15. The maximum Gasteiger partial charge on any atom is 0.338 e. The summed E-state index contributed by atoms with van der Waals surface area (Å²) in [6, 6.07) is 8.16. The number of benzene rings is 2. The van der Waals surface area contributed by atoms with E-state index in [9.17, 15) is 18.4 Å². The Morgan fingerprint density at radius 2 is 1.46 bits per heavy atom. The van der Waals surface area contributed by atoms with Crippen LogP contribution in [-0.4, -0.2) is 37.1 Å². The van der Waals surface area contributed by atoms with Crippen molar-refractivity contribution in [3.63, 3.8) is 0 Å². The monoisotopic (exact) mass is 492 g/mol. The van der Waals surface area contributed by atoms with Crippen LogP contribution in [0.25, 0.3) is 0 Å². The van der Waals surface area contributed by atoms with E-state index in [0.29, 0.717) is 22.0 Å². The molecule has 0 bridgehead atoms. The predicted molar refractivity (Wildman–Crippen MR) is 101 cm³/mol. The standard InChI is InChI=1S/C10H12BrFN2O.C7H4BrFO2/c1-13-4-5-14-10(15)8-3-2-7(11)6-9(8)12;8-4-1-2-5(7(10)11)6(9)3-4/h2-3,6,13H,4-5H2,1H3,(H,14,15);1-3H,(H,10,11). The molecule has 0 aliphatic carbocycles. The van der Waals surface area contributed by atoms with Crippen LogP contribution in [-0.2, 0) is 0 Å². The van der Waals surface area contributed by atoms with Crippen molar-refractivity contribution in [1.29, 1.82) is 0 Å². The zero-order chi connectivity index (χ0) is 19.7. The maximum atomic E-state index is 13.3. The Balaban J connectivity index is 0.000000273. The van der Waals surface area contributed by atoms with Crippen LogP contribution < -0.4 is 10.6 Å². The fourth-order valence-electron chi connectivity index (χ4n) is 1.73. The minimum atomic E-state index is -1.25. The molecular formula is C17H16Br2F2N2O3. The SMILES string of the molecule is CNCCNC(=O)c1ccc(Br)cc1F.O=C(O)c1ccc(Br)cc1F. The van der Waals surface area contributed by atoms with Gasteiger partial charge in [-0.25, -0.2) is 13.6 Å². The molecule has 0 radical (unpaired) electrons. The Hall–Kier alpha value is -1.84. The number of hydrogen-bond donors (Lipinski definition) is 3. The summed E-state index contributed by atoms with van der Waals surface area (Å²) in [5.74, 6) is -2.90. The molecule has 2 aromatic carbocycles. The molecule has 0 saturated carbocycles. The summed E-state index contributed by atoms with van der Waals surface area (Å²) in [6.45, 7) is 1.13. The second kappa shape index (κ2) is 11.0. The van der Waals surface area contributed by atoms with Gasteiger partial charge in [0.2, 0.25) is 0 Å². The highest BCUT2D eigenvalue weighted by atomic mass is 79.9. The molecule has 0 aromatic heterocycles. The van der Waals surface area contributed by atoms with Crippen LogP contribution in [0.5, 0.6) is 0 Å². The summed E-state index contributed by atoms with van der Waals surface area (Å²) in [5.41, 5.74) is -0.248. The number of halogens is 4. The number of rotatable bonds is 5. The van der Waals surface area contributed by atoms with Crippen LogP contribution in [0.1, 0.15) is 20.7 Å². The molecule has 0 unspecified atom stereocenters. The zero-order valence-corrected chi connectivity index (χ0v) is 16.8. The molecule has 0 aliphatic heterocycles. The highest BCUT2D eigenvalue weighted by molar-refractivity contribution is 9.10. The largest absolute Gasteiger partial charge is 0.478 e. The van der Waals surface area contributed by atoms with Gasteiger partial charge < -0.3 is 15.7 Å². The van der Waals surface area contributed by atoms with Gasteiger partial charge in [0.25, 0.3) is 5.91 Å². The maximum absolute atomic E-state index is 13.3. The summed E-state index contributed by atoms with van der Waals surface area (Å²) in [4.78, 5) is 21.7. The van der Waals surface area contributed by atoms with Crippen LogP contribution in [0.15, 0.2) is 45.3 Å². The smallest absolute Gasteiger partial charge is 0.338 e. The molecule has 5 nitrogen and oxygen atoms in total. The average Bonchev–Trinajstić information content (AvgIpc) is 2.55. The van der Waals surface area contributed by atoms with Crippen molar-refractivity contribution in [1.82, 2.24) is 10.6 Å². The molecule has 1 amide bonds. The number of carboxylic acids is 1. The van der Waals surface area contributed by atoms with Crippen molar-refractivity contribution in [2.24, 2.45) is 0 Å². The zero-order valence-electron chi connectivity index (χ0n) is 13.7. The first-order chi connectivity index (χ1) is 12.3. The molecule has 0 spiro atoms. The summed E-state index contributed by atoms with van der Waals surface area (Å²) < 4.78 is 27.1. The number of amides is 1. The van der Waals surface area contributed by atoms with E-state index >= 15 is 0 Å². The van der Waals surface area contributed by atoms with Gasteiger partial charge in [0.15, 0.2) is 0 Å². The van der Waals surface area contributed by atoms with E-state index in [4.69, 9.17) is 5.11 Å². The number of carbonyl (C=O) groups is 2. The highest BCUT2D eigenvalue weighted by Gasteiger charge is 2.10. The number of hydrogen-bond acceptors (Lipinski definition) is 3. The van der Waals surface area contributed by atoms with E-state index in [1.165, 1.54) is 24.3 Å². The molecule has 0 heterocycles. The molecule has 140 valence electrons. The Morgan fingerprint density at radius 1 is 0.962 bits per heavy atom. The fourth-order valence-corrected chi connectivity index (χ4v) is 2.40. The van der Waals surface area contributed by atoms with Crippen molar-refractivity contribution in [3.8, 4) is 0 Å². The summed E-state index contributed by atoms with van der Waals surface area (Å²) >= 11 is 6.14. The van der Waals surface area contributed by atoms with Gasteiger partial charge in [0.1, 0.15) is 11.6 Å². The number of carboxylic acid groups (broad SMARTS) is 1. The molecule has 26 heavy (non-hydrogen) atoms. The lowest BCUT2D eigenvalue weighted by Gasteiger charge is -2.05. The lowest BCUT2D eigenvalue weighted by atomic mass is 10.2. The lowest BCUT2D eigenvalue weighted by Crippen LogP contribution is -2.30. The van der Waals surface area contributed by atoms with Crippen molar-refractivity contribution in [3.05, 3.63) is 68.1 Å². The van der Waals surface area contributed by atoms with Gasteiger partial charge in [-0.3, -0.25) is 4.79 Å². The Labute approximate surface area is 166 Å². The third-order valence-corrected chi connectivity index (χ3v) is 3.98. The molecule has 3 N–H and O–H groups in total. The van der Waals surface area contributed by atoms with E-state index in [1.807, 2.05) is 0 Å². The van der Waals surface area contributed by atoms with Crippen LogP contribution in [0.4, 0.5) is 8.78 Å². The second-order valence-corrected chi connectivity index (χ2v) is 6.74. The average molecular weight is 494 g/mol. The number of nitrogens with one attached hydrogen (secondary N) is 2. The first kappa shape index (κ1) is 22.2. The predicted octanol–water partition coefficient (Wildman–Crippen LogP) is 3.82. The minimum Gasteiger partial charge on any atom is -0.478 e. The number of aromatic carboxylic acids is 1. The Morgan fingerprint density at radius 3 is 1.88 bits per heavy atom.